The number of aromatic amines is 1. The molecule has 1 aliphatic heterocycles. The SMILES string of the molecule is O=C(NCCCCC1CCN(C(=O)c2csc(-c3cccnc3)n2)CC1)c1cc2cnccc2[nH]1. The highest BCUT2D eigenvalue weighted by Crippen LogP contribution is 2.26. The molecule has 180 valence electrons. The highest BCUT2D eigenvalue weighted by Gasteiger charge is 2.25. The molecule has 0 aromatic carbocycles. The van der Waals surface area contributed by atoms with Gasteiger partial charge in [-0.2, -0.15) is 0 Å². The fourth-order valence-electron chi connectivity index (χ4n) is 4.53. The number of rotatable bonds is 8. The van der Waals surface area contributed by atoms with Crippen LogP contribution in [0, 0.1) is 5.92 Å². The number of thiazole rings is 1. The van der Waals surface area contributed by atoms with Gasteiger partial charge in [0.15, 0.2) is 0 Å². The van der Waals surface area contributed by atoms with Crippen LogP contribution in [0.4, 0.5) is 0 Å². The normalized spacial score (nSPS) is 14.3. The lowest BCUT2D eigenvalue weighted by Crippen LogP contribution is -2.38. The second-order valence-electron chi connectivity index (χ2n) is 8.91. The lowest BCUT2D eigenvalue weighted by atomic mass is 9.91. The fourth-order valence-corrected chi connectivity index (χ4v) is 5.31. The van der Waals surface area contributed by atoms with E-state index in [0.29, 0.717) is 23.9 Å². The first-order valence-corrected chi connectivity index (χ1v) is 12.9. The maximum absolute atomic E-state index is 12.9. The van der Waals surface area contributed by atoms with Gasteiger partial charge in [0, 0.05) is 66.3 Å². The molecule has 5 rings (SSSR count). The Labute approximate surface area is 207 Å². The molecule has 9 heteroatoms. The number of unbranched alkanes of at least 4 members (excludes halogenated alkanes) is 1. The van der Waals surface area contributed by atoms with Crippen molar-refractivity contribution in [2.45, 2.75) is 32.1 Å². The van der Waals surface area contributed by atoms with Gasteiger partial charge in [-0.1, -0.05) is 12.8 Å². The minimum Gasteiger partial charge on any atom is -0.351 e. The molecule has 0 aliphatic carbocycles. The lowest BCUT2D eigenvalue weighted by molar-refractivity contribution is 0.0680. The number of amides is 2. The van der Waals surface area contributed by atoms with Gasteiger partial charge in [-0.25, -0.2) is 4.98 Å². The molecule has 2 N–H and O–H groups in total. The third-order valence-corrected chi connectivity index (χ3v) is 7.42. The number of piperidine rings is 1. The minimum absolute atomic E-state index is 0.0188. The lowest BCUT2D eigenvalue weighted by Gasteiger charge is -2.31. The van der Waals surface area contributed by atoms with E-state index in [1.807, 2.05) is 34.5 Å². The van der Waals surface area contributed by atoms with Crippen molar-refractivity contribution in [3.63, 3.8) is 0 Å². The van der Waals surface area contributed by atoms with Crippen LogP contribution in [0.15, 0.2) is 54.4 Å². The zero-order valence-electron chi connectivity index (χ0n) is 19.4. The van der Waals surface area contributed by atoms with Crippen molar-refractivity contribution in [2.24, 2.45) is 5.92 Å². The van der Waals surface area contributed by atoms with Crippen LogP contribution in [0.3, 0.4) is 0 Å². The third kappa shape index (κ3) is 5.57. The van der Waals surface area contributed by atoms with Crippen molar-refractivity contribution in [2.75, 3.05) is 19.6 Å². The predicted molar refractivity (Wildman–Crippen MR) is 136 cm³/mol. The Balaban J connectivity index is 1.01. The first-order valence-electron chi connectivity index (χ1n) is 12.0. The van der Waals surface area contributed by atoms with Crippen LogP contribution in [-0.4, -0.2) is 56.3 Å². The summed E-state index contributed by atoms with van der Waals surface area (Å²) in [5, 5.41) is 6.60. The molecular formula is C26H28N6O2S. The van der Waals surface area contributed by atoms with Gasteiger partial charge >= 0.3 is 0 Å². The van der Waals surface area contributed by atoms with Gasteiger partial charge in [0.25, 0.3) is 11.8 Å². The number of fused-ring (bicyclic) bond motifs is 1. The number of pyridine rings is 2. The maximum atomic E-state index is 12.9. The van der Waals surface area contributed by atoms with E-state index in [0.717, 1.165) is 66.7 Å². The zero-order valence-corrected chi connectivity index (χ0v) is 20.3. The largest absolute Gasteiger partial charge is 0.351 e. The van der Waals surface area contributed by atoms with Gasteiger partial charge in [0.2, 0.25) is 0 Å². The second-order valence-corrected chi connectivity index (χ2v) is 9.77. The number of H-pyrrole nitrogens is 1. The van der Waals surface area contributed by atoms with Crippen LogP contribution in [0.25, 0.3) is 21.5 Å². The summed E-state index contributed by atoms with van der Waals surface area (Å²) in [6.07, 6.45) is 12.1. The molecule has 1 fully saturated rings. The number of nitrogens with one attached hydrogen (secondary N) is 2. The van der Waals surface area contributed by atoms with E-state index in [4.69, 9.17) is 0 Å². The van der Waals surface area contributed by atoms with E-state index >= 15 is 0 Å². The summed E-state index contributed by atoms with van der Waals surface area (Å²) in [6.45, 7) is 2.21. The van der Waals surface area contributed by atoms with Crippen molar-refractivity contribution < 1.29 is 9.59 Å². The van der Waals surface area contributed by atoms with E-state index < -0.39 is 0 Å². The first-order chi connectivity index (χ1) is 17.2. The molecule has 0 bridgehead atoms. The van der Waals surface area contributed by atoms with E-state index in [2.05, 4.69) is 25.3 Å². The quantitative estimate of drug-likeness (QED) is 0.355. The molecule has 0 radical (unpaired) electrons. The van der Waals surface area contributed by atoms with Crippen molar-refractivity contribution in [1.82, 2.24) is 30.2 Å². The number of carbonyl (C=O) groups is 2. The van der Waals surface area contributed by atoms with Crippen LogP contribution in [0.1, 0.15) is 53.1 Å². The van der Waals surface area contributed by atoms with Crippen LogP contribution in [0.2, 0.25) is 0 Å². The monoisotopic (exact) mass is 488 g/mol. The van der Waals surface area contributed by atoms with Crippen molar-refractivity contribution in [1.29, 1.82) is 0 Å². The number of carbonyl (C=O) groups excluding carboxylic acids is 2. The van der Waals surface area contributed by atoms with E-state index in [9.17, 15) is 9.59 Å². The molecule has 35 heavy (non-hydrogen) atoms. The smallest absolute Gasteiger partial charge is 0.273 e. The number of likely N-dealkylation sites (tertiary alicyclic amines) is 1. The summed E-state index contributed by atoms with van der Waals surface area (Å²) in [6, 6.07) is 7.52. The van der Waals surface area contributed by atoms with Crippen molar-refractivity contribution in [3.8, 4) is 10.6 Å². The van der Waals surface area contributed by atoms with Gasteiger partial charge < -0.3 is 15.2 Å². The van der Waals surface area contributed by atoms with Crippen LogP contribution < -0.4 is 5.32 Å². The molecule has 8 nitrogen and oxygen atoms in total. The molecular weight excluding hydrogens is 460 g/mol. The minimum atomic E-state index is -0.0817. The molecule has 0 spiro atoms. The van der Waals surface area contributed by atoms with Crippen LogP contribution in [-0.2, 0) is 0 Å². The molecule has 1 aliphatic rings. The molecule has 4 aromatic rings. The number of hydrogen-bond acceptors (Lipinski definition) is 6. The molecule has 0 saturated carbocycles. The van der Waals surface area contributed by atoms with E-state index in [1.165, 1.54) is 11.3 Å². The average Bonchev–Trinajstić information content (AvgIpc) is 3.57. The third-order valence-electron chi connectivity index (χ3n) is 6.52. The number of nitrogens with zero attached hydrogens (tertiary/aromatic N) is 4. The standard InChI is InChI=1S/C26H28N6O2S/c33-24(22-14-20-16-28-11-6-21(20)30-22)29-10-2-1-4-18-7-12-32(13-8-18)26(34)23-17-35-25(31-23)19-5-3-9-27-15-19/h3,5-6,9,11,14-18,30H,1-2,4,7-8,10,12-13H2,(H,29,33). The van der Waals surface area contributed by atoms with Crippen LogP contribution in [0.5, 0.6) is 0 Å². The molecule has 2 amide bonds. The highest BCUT2D eigenvalue weighted by atomic mass is 32.1. The molecule has 1 saturated heterocycles. The Kier molecular flexibility index (Phi) is 7.13. The maximum Gasteiger partial charge on any atom is 0.273 e. The summed E-state index contributed by atoms with van der Waals surface area (Å²) in [5.74, 6) is 0.560. The summed E-state index contributed by atoms with van der Waals surface area (Å²) in [5.41, 5.74) is 2.94. The highest BCUT2D eigenvalue weighted by molar-refractivity contribution is 7.13. The number of hydrogen-bond donors (Lipinski definition) is 2. The summed E-state index contributed by atoms with van der Waals surface area (Å²) < 4.78 is 0. The Morgan fingerprint density at radius 1 is 1.11 bits per heavy atom. The molecule has 0 unspecified atom stereocenters. The van der Waals surface area contributed by atoms with E-state index in [-0.39, 0.29) is 11.8 Å². The second kappa shape index (κ2) is 10.8. The first kappa shape index (κ1) is 23.2. The van der Waals surface area contributed by atoms with Crippen LogP contribution >= 0.6 is 11.3 Å². The van der Waals surface area contributed by atoms with Gasteiger partial charge in [0.1, 0.15) is 16.4 Å². The zero-order chi connectivity index (χ0) is 24.0. The number of aromatic nitrogens is 4. The van der Waals surface area contributed by atoms with Gasteiger partial charge in [-0.05, 0) is 49.4 Å². The predicted octanol–water partition coefficient (Wildman–Crippen LogP) is 4.53. The van der Waals surface area contributed by atoms with Crippen molar-refractivity contribution >= 4 is 34.1 Å². The van der Waals surface area contributed by atoms with Crippen molar-refractivity contribution in [3.05, 3.63) is 65.8 Å². The summed E-state index contributed by atoms with van der Waals surface area (Å²) in [7, 11) is 0. The average molecular weight is 489 g/mol. The Morgan fingerprint density at radius 2 is 1.97 bits per heavy atom. The Morgan fingerprint density at radius 3 is 2.77 bits per heavy atom. The van der Waals surface area contributed by atoms with E-state index in [1.54, 1.807) is 24.8 Å². The Bertz CT molecular complexity index is 1260. The molecule has 0 atom stereocenters. The Hall–Kier alpha value is -3.59. The molecule has 5 heterocycles. The molecule has 4 aromatic heterocycles. The summed E-state index contributed by atoms with van der Waals surface area (Å²) in [4.78, 5) is 43.1. The summed E-state index contributed by atoms with van der Waals surface area (Å²) >= 11 is 1.48. The topological polar surface area (TPSA) is 104 Å². The fraction of sp³-hybridized carbons (Fsp3) is 0.346. The van der Waals surface area contributed by atoms with Gasteiger partial charge in [0.05, 0.1) is 0 Å². The van der Waals surface area contributed by atoms with Gasteiger partial charge in [-0.3, -0.25) is 19.6 Å². The van der Waals surface area contributed by atoms with Gasteiger partial charge in [-0.15, -0.1) is 11.3 Å².